The molecule has 0 aliphatic rings. The number of nitrogens with two attached hydrogens (primary N) is 1. The van der Waals surface area contributed by atoms with Crippen LogP contribution in [-0.4, -0.2) is 17.9 Å². The standard InChI is InChI=1S/C13H17FN2O2/c1-2-3-7-11(12(15)17)16-13(18)9-5-4-6-10(14)8-9/h4-6,8,11H,2-3,7H2,1H3,(H2,15,17)(H,16,18)/t11-/m0/s1. The van der Waals surface area contributed by atoms with Gasteiger partial charge in [0.05, 0.1) is 0 Å². The summed E-state index contributed by atoms with van der Waals surface area (Å²) in [5, 5.41) is 2.51. The fraction of sp³-hybridized carbons (Fsp3) is 0.385. The first kappa shape index (κ1) is 14.2. The van der Waals surface area contributed by atoms with Gasteiger partial charge in [0.25, 0.3) is 5.91 Å². The summed E-state index contributed by atoms with van der Waals surface area (Å²) in [5.74, 6) is -1.56. The van der Waals surface area contributed by atoms with E-state index >= 15 is 0 Å². The Balaban J connectivity index is 2.69. The van der Waals surface area contributed by atoms with Gasteiger partial charge in [-0.3, -0.25) is 9.59 Å². The van der Waals surface area contributed by atoms with Gasteiger partial charge in [0.1, 0.15) is 11.9 Å². The fourth-order valence-corrected chi connectivity index (χ4v) is 1.57. The summed E-state index contributed by atoms with van der Waals surface area (Å²) in [6.07, 6.45) is 2.18. The van der Waals surface area contributed by atoms with E-state index < -0.39 is 23.7 Å². The third-order valence-electron chi connectivity index (χ3n) is 2.58. The van der Waals surface area contributed by atoms with Gasteiger partial charge in [-0.2, -0.15) is 0 Å². The Morgan fingerprint density at radius 1 is 1.44 bits per heavy atom. The van der Waals surface area contributed by atoms with Crippen LogP contribution in [0.2, 0.25) is 0 Å². The van der Waals surface area contributed by atoms with Crippen molar-refractivity contribution in [1.82, 2.24) is 5.32 Å². The normalized spacial score (nSPS) is 11.9. The van der Waals surface area contributed by atoms with Crippen LogP contribution in [0.5, 0.6) is 0 Å². The number of carbonyl (C=O) groups is 2. The number of amides is 2. The molecule has 0 saturated heterocycles. The zero-order valence-electron chi connectivity index (χ0n) is 10.3. The highest BCUT2D eigenvalue weighted by Gasteiger charge is 2.18. The Hall–Kier alpha value is -1.91. The van der Waals surface area contributed by atoms with Gasteiger partial charge in [0.15, 0.2) is 0 Å². The van der Waals surface area contributed by atoms with Crippen molar-refractivity contribution in [3.8, 4) is 0 Å². The minimum absolute atomic E-state index is 0.178. The van der Waals surface area contributed by atoms with Crippen LogP contribution in [0.15, 0.2) is 24.3 Å². The molecule has 0 heterocycles. The predicted molar refractivity (Wildman–Crippen MR) is 66.4 cm³/mol. The summed E-state index contributed by atoms with van der Waals surface area (Å²) in [7, 11) is 0. The Labute approximate surface area is 105 Å². The quantitative estimate of drug-likeness (QED) is 0.807. The van der Waals surface area contributed by atoms with E-state index in [9.17, 15) is 14.0 Å². The summed E-state index contributed by atoms with van der Waals surface area (Å²) >= 11 is 0. The molecular formula is C13H17FN2O2. The maximum atomic E-state index is 13.0. The molecule has 0 bridgehead atoms. The van der Waals surface area contributed by atoms with E-state index in [0.29, 0.717) is 6.42 Å². The molecule has 1 aromatic carbocycles. The fourth-order valence-electron chi connectivity index (χ4n) is 1.57. The number of carbonyl (C=O) groups excluding carboxylic acids is 2. The van der Waals surface area contributed by atoms with Gasteiger partial charge in [-0.15, -0.1) is 0 Å². The molecule has 3 N–H and O–H groups in total. The number of unbranched alkanes of at least 4 members (excludes halogenated alkanes) is 1. The summed E-state index contributed by atoms with van der Waals surface area (Å²) in [6, 6.07) is 4.58. The lowest BCUT2D eigenvalue weighted by atomic mass is 10.1. The highest BCUT2D eigenvalue weighted by atomic mass is 19.1. The molecule has 18 heavy (non-hydrogen) atoms. The van der Waals surface area contributed by atoms with Crippen LogP contribution in [0.4, 0.5) is 4.39 Å². The molecule has 1 rings (SSSR count). The van der Waals surface area contributed by atoms with E-state index in [1.807, 2.05) is 6.92 Å². The van der Waals surface area contributed by atoms with Crippen molar-refractivity contribution < 1.29 is 14.0 Å². The van der Waals surface area contributed by atoms with E-state index in [-0.39, 0.29) is 5.56 Å². The monoisotopic (exact) mass is 252 g/mol. The van der Waals surface area contributed by atoms with E-state index in [1.165, 1.54) is 18.2 Å². The first-order chi connectivity index (χ1) is 8.54. The molecule has 4 nitrogen and oxygen atoms in total. The van der Waals surface area contributed by atoms with Gasteiger partial charge in [-0.1, -0.05) is 25.8 Å². The lowest BCUT2D eigenvalue weighted by Crippen LogP contribution is -2.44. The smallest absolute Gasteiger partial charge is 0.252 e. The molecule has 1 aromatic rings. The number of hydrogen-bond acceptors (Lipinski definition) is 2. The van der Waals surface area contributed by atoms with Crippen molar-refractivity contribution >= 4 is 11.8 Å². The summed E-state index contributed by atoms with van der Waals surface area (Å²) in [5.41, 5.74) is 5.38. The molecule has 0 aliphatic carbocycles. The average molecular weight is 252 g/mol. The van der Waals surface area contributed by atoms with Crippen LogP contribution in [0.1, 0.15) is 36.5 Å². The average Bonchev–Trinajstić information content (AvgIpc) is 2.33. The van der Waals surface area contributed by atoms with Crippen LogP contribution in [0.3, 0.4) is 0 Å². The summed E-state index contributed by atoms with van der Waals surface area (Å²) in [4.78, 5) is 23.0. The minimum atomic E-state index is -0.708. The van der Waals surface area contributed by atoms with Crippen LogP contribution in [0.25, 0.3) is 0 Å². The number of rotatable bonds is 6. The molecule has 1 atom stereocenters. The predicted octanol–water partition coefficient (Wildman–Crippen LogP) is 1.60. The van der Waals surface area contributed by atoms with Crippen molar-refractivity contribution in [3.05, 3.63) is 35.6 Å². The second kappa shape index (κ2) is 6.74. The van der Waals surface area contributed by atoms with Gasteiger partial charge in [0, 0.05) is 5.56 Å². The maximum Gasteiger partial charge on any atom is 0.252 e. The molecule has 0 fully saturated rings. The van der Waals surface area contributed by atoms with Crippen molar-refractivity contribution in [2.45, 2.75) is 32.2 Å². The van der Waals surface area contributed by atoms with Gasteiger partial charge < -0.3 is 11.1 Å². The first-order valence-corrected chi connectivity index (χ1v) is 5.90. The molecule has 0 aromatic heterocycles. The number of nitrogens with one attached hydrogen (secondary N) is 1. The Bertz CT molecular complexity index is 435. The molecule has 2 amide bonds. The van der Waals surface area contributed by atoms with Gasteiger partial charge in [0.2, 0.25) is 5.91 Å². The molecule has 0 saturated carbocycles. The van der Waals surface area contributed by atoms with Crippen LogP contribution < -0.4 is 11.1 Å². The Morgan fingerprint density at radius 3 is 2.72 bits per heavy atom. The summed E-state index contributed by atoms with van der Waals surface area (Å²) in [6.45, 7) is 1.98. The highest BCUT2D eigenvalue weighted by Crippen LogP contribution is 2.06. The van der Waals surface area contributed by atoms with E-state index in [2.05, 4.69) is 5.32 Å². The molecule has 0 radical (unpaired) electrons. The molecular weight excluding hydrogens is 235 g/mol. The van der Waals surface area contributed by atoms with Crippen LogP contribution >= 0.6 is 0 Å². The third-order valence-corrected chi connectivity index (χ3v) is 2.58. The van der Waals surface area contributed by atoms with Crippen molar-refractivity contribution in [2.24, 2.45) is 5.73 Å². The molecule has 5 heteroatoms. The lowest BCUT2D eigenvalue weighted by molar-refractivity contribution is -0.120. The first-order valence-electron chi connectivity index (χ1n) is 5.90. The van der Waals surface area contributed by atoms with E-state index in [1.54, 1.807) is 0 Å². The largest absolute Gasteiger partial charge is 0.368 e. The van der Waals surface area contributed by atoms with E-state index in [4.69, 9.17) is 5.73 Å². The zero-order chi connectivity index (χ0) is 13.5. The minimum Gasteiger partial charge on any atom is -0.368 e. The van der Waals surface area contributed by atoms with Crippen LogP contribution in [-0.2, 0) is 4.79 Å². The third kappa shape index (κ3) is 4.16. The number of hydrogen-bond donors (Lipinski definition) is 2. The van der Waals surface area contributed by atoms with Gasteiger partial charge in [-0.25, -0.2) is 4.39 Å². The second-order valence-electron chi connectivity index (χ2n) is 4.08. The van der Waals surface area contributed by atoms with Gasteiger partial charge >= 0.3 is 0 Å². The topological polar surface area (TPSA) is 72.2 Å². The number of primary amides is 1. The Kier molecular flexibility index (Phi) is 5.30. The SMILES string of the molecule is CCCC[C@H](NC(=O)c1cccc(F)c1)C(N)=O. The summed E-state index contributed by atoms with van der Waals surface area (Å²) < 4.78 is 13.0. The van der Waals surface area contributed by atoms with E-state index in [0.717, 1.165) is 18.9 Å². The maximum absolute atomic E-state index is 13.0. The number of benzene rings is 1. The van der Waals surface area contributed by atoms with Crippen LogP contribution in [0, 0.1) is 5.82 Å². The molecule has 0 unspecified atom stereocenters. The van der Waals surface area contributed by atoms with Crippen molar-refractivity contribution in [1.29, 1.82) is 0 Å². The zero-order valence-corrected chi connectivity index (χ0v) is 10.3. The molecule has 98 valence electrons. The van der Waals surface area contributed by atoms with Crippen molar-refractivity contribution in [2.75, 3.05) is 0 Å². The van der Waals surface area contributed by atoms with Crippen molar-refractivity contribution in [3.63, 3.8) is 0 Å². The molecule has 0 spiro atoms. The Morgan fingerprint density at radius 2 is 2.17 bits per heavy atom. The van der Waals surface area contributed by atoms with Gasteiger partial charge in [-0.05, 0) is 24.6 Å². The number of halogens is 1. The second-order valence-corrected chi connectivity index (χ2v) is 4.08. The lowest BCUT2D eigenvalue weighted by Gasteiger charge is -2.15. The molecule has 0 aliphatic heterocycles. The highest BCUT2D eigenvalue weighted by molar-refractivity contribution is 5.97.